The van der Waals surface area contributed by atoms with E-state index in [1.165, 1.54) is 18.2 Å². The van der Waals surface area contributed by atoms with Crippen LogP contribution in [0.5, 0.6) is 0 Å². The van der Waals surface area contributed by atoms with Gasteiger partial charge in [0.1, 0.15) is 0 Å². The third kappa shape index (κ3) is 3.90. The van der Waals surface area contributed by atoms with Crippen LogP contribution in [0.3, 0.4) is 0 Å². The zero-order chi connectivity index (χ0) is 16.5. The predicted octanol–water partition coefficient (Wildman–Crippen LogP) is 2.44. The second kappa shape index (κ2) is 6.05. The van der Waals surface area contributed by atoms with E-state index in [1.54, 1.807) is 0 Å². The van der Waals surface area contributed by atoms with Crippen molar-refractivity contribution in [2.75, 3.05) is 4.72 Å². The van der Waals surface area contributed by atoms with Crippen molar-refractivity contribution >= 4 is 48.9 Å². The van der Waals surface area contributed by atoms with Crippen molar-refractivity contribution in [3.05, 3.63) is 52.5 Å². The zero-order valence-corrected chi connectivity index (χ0v) is 14.0. The van der Waals surface area contributed by atoms with Gasteiger partial charge in [-0.05, 0) is 42.5 Å². The average Bonchev–Trinajstić information content (AvgIpc) is 2.41. The van der Waals surface area contributed by atoms with Gasteiger partial charge in [0.05, 0.1) is 20.5 Å². The molecule has 0 fully saturated rings. The van der Waals surface area contributed by atoms with Crippen LogP contribution in [0.4, 0.5) is 5.69 Å². The number of nitrogens with two attached hydrogens (primary N) is 1. The first kappa shape index (κ1) is 17.0. The SMILES string of the molecule is NS(=O)(=O)c1ccc(S(=O)(=O)Nc2ccc(Cl)cc2Cl)cc1. The summed E-state index contributed by atoms with van der Waals surface area (Å²) in [7, 11) is -7.81. The molecule has 6 nitrogen and oxygen atoms in total. The fourth-order valence-electron chi connectivity index (χ4n) is 1.58. The van der Waals surface area contributed by atoms with Crippen molar-refractivity contribution in [1.29, 1.82) is 0 Å². The highest BCUT2D eigenvalue weighted by Gasteiger charge is 2.17. The third-order valence-electron chi connectivity index (χ3n) is 2.64. The molecule has 0 aromatic heterocycles. The Morgan fingerprint density at radius 3 is 1.91 bits per heavy atom. The van der Waals surface area contributed by atoms with E-state index in [0.717, 1.165) is 24.3 Å². The zero-order valence-electron chi connectivity index (χ0n) is 10.8. The minimum atomic E-state index is -3.92. The van der Waals surface area contributed by atoms with Crippen LogP contribution in [0.25, 0.3) is 0 Å². The topological polar surface area (TPSA) is 106 Å². The lowest BCUT2D eigenvalue weighted by Gasteiger charge is -2.10. The molecule has 0 radical (unpaired) electrons. The summed E-state index contributed by atoms with van der Waals surface area (Å²) in [5, 5.41) is 5.45. The maximum Gasteiger partial charge on any atom is 0.261 e. The molecular weight excluding hydrogens is 371 g/mol. The third-order valence-corrected chi connectivity index (χ3v) is 5.50. The van der Waals surface area contributed by atoms with Crippen molar-refractivity contribution in [3.8, 4) is 0 Å². The first-order valence-electron chi connectivity index (χ1n) is 5.70. The molecule has 22 heavy (non-hydrogen) atoms. The molecule has 3 N–H and O–H groups in total. The van der Waals surface area contributed by atoms with Gasteiger partial charge in [-0.2, -0.15) is 0 Å². The summed E-state index contributed by atoms with van der Waals surface area (Å²) in [6.45, 7) is 0. The number of sulfonamides is 2. The highest BCUT2D eigenvalue weighted by molar-refractivity contribution is 7.92. The number of hydrogen-bond acceptors (Lipinski definition) is 4. The van der Waals surface area contributed by atoms with E-state index >= 15 is 0 Å². The molecule has 118 valence electrons. The number of hydrogen-bond donors (Lipinski definition) is 2. The summed E-state index contributed by atoms with van der Waals surface area (Å²) in [5.41, 5.74) is 0.154. The maximum absolute atomic E-state index is 12.2. The molecule has 0 saturated heterocycles. The summed E-state index contributed by atoms with van der Waals surface area (Å²) in [6.07, 6.45) is 0. The average molecular weight is 381 g/mol. The highest BCUT2D eigenvalue weighted by atomic mass is 35.5. The van der Waals surface area contributed by atoms with Gasteiger partial charge in [-0.1, -0.05) is 23.2 Å². The molecule has 0 unspecified atom stereocenters. The number of halogens is 2. The summed E-state index contributed by atoms with van der Waals surface area (Å²) >= 11 is 11.6. The van der Waals surface area contributed by atoms with E-state index in [9.17, 15) is 16.8 Å². The van der Waals surface area contributed by atoms with Crippen LogP contribution in [0.1, 0.15) is 0 Å². The molecule has 2 rings (SSSR count). The smallest absolute Gasteiger partial charge is 0.261 e. The van der Waals surface area contributed by atoms with Crippen LogP contribution < -0.4 is 9.86 Å². The van der Waals surface area contributed by atoms with Gasteiger partial charge >= 0.3 is 0 Å². The number of primary sulfonamides is 1. The van der Waals surface area contributed by atoms with E-state index < -0.39 is 20.0 Å². The molecule has 0 spiro atoms. The Bertz CT molecular complexity index is 911. The van der Waals surface area contributed by atoms with Crippen LogP contribution >= 0.6 is 23.2 Å². The number of benzene rings is 2. The van der Waals surface area contributed by atoms with Crippen molar-refractivity contribution in [2.24, 2.45) is 5.14 Å². The van der Waals surface area contributed by atoms with Crippen LogP contribution in [0.2, 0.25) is 10.0 Å². The molecule has 0 atom stereocenters. The number of nitrogens with one attached hydrogen (secondary N) is 1. The second-order valence-electron chi connectivity index (χ2n) is 4.25. The fourth-order valence-corrected chi connectivity index (χ4v) is 3.69. The van der Waals surface area contributed by atoms with Gasteiger partial charge in [-0.3, -0.25) is 4.72 Å². The summed E-state index contributed by atoms with van der Waals surface area (Å²) in [5.74, 6) is 0. The fraction of sp³-hybridized carbons (Fsp3) is 0. The van der Waals surface area contributed by atoms with Gasteiger partial charge in [0.15, 0.2) is 0 Å². The molecule has 0 amide bonds. The Morgan fingerprint density at radius 1 is 0.864 bits per heavy atom. The van der Waals surface area contributed by atoms with Gasteiger partial charge in [0.2, 0.25) is 10.0 Å². The van der Waals surface area contributed by atoms with Crippen molar-refractivity contribution < 1.29 is 16.8 Å². The molecule has 0 saturated carbocycles. The molecule has 0 bridgehead atoms. The summed E-state index contributed by atoms with van der Waals surface area (Å²) < 4.78 is 49.0. The maximum atomic E-state index is 12.2. The normalized spacial score (nSPS) is 12.1. The van der Waals surface area contributed by atoms with Crippen LogP contribution in [0, 0.1) is 0 Å². The van der Waals surface area contributed by atoms with E-state index in [1.807, 2.05) is 0 Å². The molecule has 0 heterocycles. The Morgan fingerprint density at radius 2 is 1.41 bits per heavy atom. The Labute approximate surface area is 138 Å². The minimum absolute atomic E-state index is 0.133. The highest BCUT2D eigenvalue weighted by Crippen LogP contribution is 2.27. The quantitative estimate of drug-likeness (QED) is 0.848. The van der Waals surface area contributed by atoms with E-state index in [2.05, 4.69) is 4.72 Å². The first-order valence-corrected chi connectivity index (χ1v) is 9.49. The Balaban J connectivity index is 2.34. The lowest BCUT2D eigenvalue weighted by molar-refractivity contribution is 0.595. The Kier molecular flexibility index (Phi) is 4.69. The standard InChI is InChI=1S/C12H10Cl2N2O4S2/c13-8-1-6-12(11(14)7-8)16-22(19,20)10-4-2-9(3-5-10)21(15,17)18/h1-7,16H,(H2,15,17,18). The molecule has 0 aliphatic rings. The van der Waals surface area contributed by atoms with Crippen LogP contribution in [-0.4, -0.2) is 16.8 Å². The van der Waals surface area contributed by atoms with Crippen molar-refractivity contribution in [3.63, 3.8) is 0 Å². The molecule has 0 aliphatic heterocycles. The summed E-state index contributed by atoms with van der Waals surface area (Å²) in [4.78, 5) is -0.318. The Hall–Kier alpha value is -1.32. The largest absolute Gasteiger partial charge is 0.278 e. The van der Waals surface area contributed by atoms with E-state index in [-0.39, 0.29) is 20.5 Å². The molecular formula is C12H10Cl2N2O4S2. The van der Waals surface area contributed by atoms with Crippen LogP contribution in [-0.2, 0) is 20.0 Å². The predicted molar refractivity (Wildman–Crippen MR) is 85.1 cm³/mol. The number of anilines is 1. The molecule has 10 heteroatoms. The van der Waals surface area contributed by atoms with E-state index in [4.69, 9.17) is 28.3 Å². The van der Waals surface area contributed by atoms with Crippen molar-refractivity contribution in [1.82, 2.24) is 0 Å². The second-order valence-corrected chi connectivity index (χ2v) is 8.33. The van der Waals surface area contributed by atoms with Gasteiger partial charge < -0.3 is 0 Å². The first-order chi connectivity index (χ1) is 10.1. The molecule has 0 aliphatic carbocycles. The number of rotatable bonds is 4. The van der Waals surface area contributed by atoms with Crippen LogP contribution in [0.15, 0.2) is 52.3 Å². The lowest BCUT2D eigenvalue weighted by Crippen LogP contribution is -2.15. The molecule has 2 aromatic carbocycles. The van der Waals surface area contributed by atoms with Crippen molar-refractivity contribution in [2.45, 2.75) is 9.79 Å². The van der Waals surface area contributed by atoms with Gasteiger partial charge in [-0.25, -0.2) is 22.0 Å². The lowest BCUT2D eigenvalue weighted by atomic mass is 10.3. The minimum Gasteiger partial charge on any atom is -0.278 e. The van der Waals surface area contributed by atoms with Gasteiger partial charge in [0.25, 0.3) is 10.0 Å². The summed E-state index contributed by atoms with van der Waals surface area (Å²) in [6, 6.07) is 8.76. The monoisotopic (exact) mass is 380 g/mol. The van der Waals surface area contributed by atoms with Gasteiger partial charge in [-0.15, -0.1) is 0 Å². The van der Waals surface area contributed by atoms with E-state index in [0.29, 0.717) is 5.02 Å². The van der Waals surface area contributed by atoms with Gasteiger partial charge in [0, 0.05) is 5.02 Å². The molecule has 2 aromatic rings.